The van der Waals surface area contributed by atoms with Crippen molar-refractivity contribution in [3.8, 4) is 0 Å². The zero-order valence-electron chi connectivity index (χ0n) is 16.6. The summed E-state index contributed by atoms with van der Waals surface area (Å²) in [5, 5.41) is 10.9. The second-order valence-electron chi connectivity index (χ2n) is 6.59. The number of rotatable bonds is 9. The fraction of sp³-hybridized carbons (Fsp3) is 0.0909. The van der Waals surface area contributed by atoms with E-state index in [4.69, 9.17) is 4.74 Å². The van der Waals surface area contributed by atoms with Crippen molar-refractivity contribution in [2.75, 3.05) is 6.54 Å². The van der Waals surface area contributed by atoms with E-state index in [0.29, 0.717) is 0 Å². The molecule has 3 aromatic rings. The molecule has 0 radical (unpaired) electrons. The van der Waals surface area contributed by atoms with Crippen molar-refractivity contribution < 1.29 is 27.7 Å². The van der Waals surface area contributed by atoms with Gasteiger partial charge in [0.1, 0.15) is 6.54 Å². The van der Waals surface area contributed by atoms with Gasteiger partial charge in [-0.2, -0.15) is 4.72 Å². The number of carbonyl (C=O) groups excluding carboxylic acids is 2. The molecule has 3 aromatic carbocycles. The highest BCUT2D eigenvalue weighted by atomic mass is 32.2. The molecule has 164 valence electrons. The molecule has 9 nitrogen and oxygen atoms in total. The monoisotopic (exact) mass is 454 g/mol. The van der Waals surface area contributed by atoms with Gasteiger partial charge in [0.2, 0.25) is 15.8 Å². The predicted octanol–water partition coefficient (Wildman–Crippen LogP) is 3.04. The average Bonchev–Trinajstić information content (AvgIpc) is 2.82. The summed E-state index contributed by atoms with van der Waals surface area (Å²) >= 11 is 0. The van der Waals surface area contributed by atoms with Gasteiger partial charge in [-0.15, -0.1) is 0 Å². The fourth-order valence-electron chi connectivity index (χ4n) is 2.81. The number of nitro groups is 1. The number of esters is 1. The largest absolute Gasteiger partial charge is 0.448 e. The molecule has 0 aliphatic carbocycles. The lowest BCUT2D eigenvalue weighted by molar-refractivity contribution is -0.384. The molecule has 10 heteroatoms. The molecular formula is C22H18N2O7S. The highest BCUT2D eigenvalue weighted by Gasteiger charge is 2.27. The summed E-state index contributed by atoms with van der Waals surface area (Å²) in [5.74, 6) is -1.55. The van der Waals surface area contributed by atoms with Crippen LogP contribution in [0.25, 0.3) is 0 Å². The van der Waals surface area contributed by atoms with E-state index in [0.717, 1.165) is 0 Å². The Morgan fingerprint density at radius 3 is 2.03 bits per heavy atom. The zero-order valence-corrected chi connectivity index (χ0v) is 17.4. The topological polar surface area (TPSA) is 133 Å². The number of ether oxygens (including phenoxy) is 1. The molecule has 0 bridgehead atoms. The van der Waals surface area contributed by atoms with Crippen LogP contribution in [0, 0.1) is 10.1 Å². The minimum Gasteiger partial charge on any atom is -0.448 e. The number of nitro benzene ring substituents is 1. The second-order valence-corrected chi connectivity index (χ2v) is 8.35. The molecule has 1 N–H and O–H groups in total. The van der Waals surface area contributed by atoms with Gasteiger partial charge in [-0.3, -0.25) is 19.7 Å². The molecule has 0 saturated carbocycles. The van der Waals surface area contributed by atoms with Crippen molar-refractivity contribution >= 4 is 27.5 Å². The van der Waals surface area contributed by atoms with E-state index in [-0.39, 0.29) is 21.7 Å². The van der Waals surface area contributed by atoms with E-state index in [1.807, 2.05) is 0 Å². The van der Waals surface area contributed by atoms with E-state index < -0.39 is 39.3 Å². The van der Waals surface area contributed by atoms with Crippen molar-refractivity contribution in [1.82, 2.24) is 4.72 Å². The highest BCUT2D eigenvalue weighted by molar-refractivity contribution is 7.89. The fourth-order valence-corrected chi connectivity index (χ4v) is 3.80. The van der Waals surface area contributed by atoms with E-state index in [9.17, 15) is 28.1 Å². The first-order chi connectivity index (χ1) is 15.3. The third kappa shape index (κ3) is 5.62. The number of ketones is 1. The van der Waals surface area contributed by atoms with Crippen LogP contribution in [0.5, 0.6) is 0 Å². The molecule has 1 unspecified atom stereocenters. The van der Waals surface area contributed by atoms with Gasteiger partial charge in [0.05, 0.1) is 9.82 Å². The molecule has 0 spiro atoms. The third-order valence-corrected chi connectivity index (χ3v) is 5.83. The molecule has 0 amide bonds. The molecular weight excluding hydrogens is 436 g/mol. The van der Waals surface area contributed by atoms with Crippen molar-refractivity contribution in [3.63, 3.8) is 0 Å². The summed E-state index contributed by atoms with van der Waals surface area (Å²) in [7, 11) is -3.95. The minimum absolute atomic E-state index is 0.0277. The van der Waals surface area contributed by atoms with Crippen molar-refractivity contribution in [2.45, 2.75) is 11.0 Å². The summed E-state index contributed by atoms with van der Waals surface area (Å²) < 4.78 is 32.0. The standard InChI is InChI=1S/C22H18N2O7S/c25-20(15-23-32(29,30)19-9-5-2-6-10-19)31-22(21(26)16-7-3-1-4-8-16)17-11-13-18(14-12-17)24(27)28/h1-14,22-23H,15H2. The summed E-state index contributed by atoms with van der Waals surface area (Å²) in [6.45, 7) is -0.706. The Bertz CT molecular complexity index is 1210. The smallest absolute Gasteiger partial charge is 0.322 e. The number of hydrogen-bond acceptors (Lipinski definition) is 7. The lowest BCUT2D eigenvalue weighted by Gasteiger charge is -2.18. The average molecular weight is 454 g/mol. The van der Waals surface area contributed by atoms with Gasteiger partial charge in [-0.1, -0.05) is 48.5 Å². The van der Waals surface area contributed by atoms with Crippen LogP contribution >= 0.6 is 0 Å². The number of nitrogens with one attached hydrogen (secondary N) is 1. The number of carbonyl (C=O) groups is 2. The summed E-state index contributed by atoms with van der Waals surface area (Å²) in [6, 6.07) is 20.5. The van der Waals surface area contributed by atoms with Crippen LogP contribution in [0.3, 0.4) is 0 Å². The third-order valence-electron chi connectivity index (χ3n) is 4.41. The molecule has 0 fully saturated rings. The maximum Gasteiger partial charge on any atom is 0.322 e. The Balaban J connectivity index is 1.79. The Labute approximate surface area is 183 Å². The maximum absolute atomic E-state index is 13.0. The normalized spacial score (nSPS) is 12.0. The first-order valence-corrected chi connectivity index (χ1v) is 10.8. The van der Waals surface area contributed by atoms with Crippen LogP contribution < -0.4 is 4.72 Å². The van der Waals surface area contributed by atoms with Crippen LogP contribution in [0.2, 0.25) is 0 Å². The Morgan fingerprint density at radius 1 is 0.906 bits per heavy atom. The summed E-state index contributed by atoms with van der Waals surface area (Å²) in [5.41, 5.74) is 0.277. The number of nitrogens with zero attached hydrogens (tertiary/aromatic N) is 1. The van der Waals surface area contributed by atoms with E-state index in [1.165, 1.54) is 60.7 Å². The first kappa shape index (κ1) is 22.8. The number of sulfonamides is 1. The molecule has 0 aromatic heterocycles. The second kappa shape index (κ2) is 9.94. The molecule has 0 saturated heterocycles. The SMILES string of the molecule is O=C(CNS(=O)(=O)c1ccccc1)OC(C(=O)c1ccccc1)c1ccc([N+](=O)[O-])cc1. The van der Waals surface area contributed by atoms with Gasteiger partial charge >= 0.3 is 5.97 Å². The van der Waals surface area contributed by atoms with Crippen molar-refractivity contribution in [2.24, 2.45) is 0 Å². The van der Waals surface area contributed by atoms with Crippen LogP contribution in [0.15, 0.2) is 89.8 Å². The number of non-ortho nitro benzene ring substituents is 1. The molecule has 1 atom stereocenters. The van der Waals surface area contributed by atoms with Crippen LogP contribution in [-0.4, -0.2) is 31.6 Å². The highest BCUT2D eigenvalue weighted by Crippen LogP contribution is 2.25. The summed E-state index contributed by atoms with van der Waals surface area (Å²) in [4.78, 5) is 35.7. The van der Waals surface area contributed by atoms with Crippen LogP contribution in [0.1, 0.15) is 22.0 Å². The number of Topliss-reactive ketones (excluding diaryl/α,β-unsaturated/α-hetero) is 1. The van der Waals surface area contributed by atoms with E-state index >= 15 is 0 Å². The zero-order chi connectivity index (χ0) is 23.1. The molecule has 32 heavy (non-hydrogen) atoms. The van der Waals surface area contributed by atoms with Gasteiger partial charge in [0, 0.05) is 23.3 Å². The molecule has 3 rings (SSSR count). The van der Waals surface area contributed by atoms with Gasteiger partial charge in [-0.05, 0) is 24.3 Å². The van der Waals surface area contributed by atoms with Gasteiger partial charge in [0.25, 0.3) is 5.69 Å². The lowest BCUT2D eigenvalue weighted by atomic mass is 9.99. The number of hydrogen-bond donors (Lipinski definition) is 1. The van der Waals surface area contributed by atoms with Crippen LogP contribution in [0.4, 0.5) is 5.69 Å². The summed E-state index contributed by atoms with van der Waals surface area (Å²) in [6.07, 6.45) is -1.41. The quantitative estimate of drug-likeness (QED) is 0.227. The molecule has 0 aliphatic rings. The van der Waals surface area contributed by atoms with Gasteiger partial charge in [0.15, 0.2) is 6.10 Å². The Hall–Kier alpha value is -3.89. The number of benzene rings is 3. The lowest BCUT2D eigenvalue weighted by Crippen LogP contribution is -2.32. The predicted molar refractivity (Wildman–Crippen MR) is 114 cm³/mol. The first-order valence-electron chi connectivity index (χ1n) is 9.36. The van der Waals surface area contributed by atoms with Gasteiger partial charge < -0.3 is 4.74 Å². The maximum atomic E-state index is 13.0. The molecule has 0 aliphatic heterocycles. The minimum atomic E-state index is -3.95. The van der Waals surface area contributed by atoms with Crippen LogP contribution in [-0.2, 0) is 19.6 Å². The van der Waals surface area contributed by atoms with Crippen molar-refractivity contribution in [3.05, 3.63) is 106 Å². The van der Waals surface area contributed by atoms with E-state index in [2.05, 4.69) is 4.72 Å². The van der Waals surface area contributed by atoms with Gasteiger partial charge in [-0.25, -0.2) is 8.42 Å². The van der Waals surface area contributed by atoms with E-state index in [1.54, 1.807) is 24.3 Å². The Morgan fingerprint density at radius 2 is 1.47 bits per heavy atom. The van der Waals surface area contributed by atoms with Crippen molar-refractivity contribution in [1.29, 1.82) is 0 Å². The Kier molecular flexibility index (Phi) is 7.08. The molecule has 0 heterocycles.